The van der Waals surface area contributed by atoms with Crippen LogP contribution in [-0.4, -0.2) is 58.9 Å². The van der Waals surface area contributed by atoms with Gasteiger partial charge in [-0.1, -0.05) is 0 Å². The molecule has 0 aromatic rings. The first-order chi connectivity index (χ1) is 10.0. The van der Waals surface area contributed by atoms with E-state index in [9.17, 15) is 14.4 Å². The highest BCUT2D eigenvalue weighted by Crippen LogP contribution is 2.32. The maximum absolute atomic E-state index is 12.5. The Morgan fingerprint density at radius 1 is 1.14 bits per heavy atom. The highest BCUT2D eigenvalue weighted by atomic mass is 16.4. The Hall–Kier alpha value is -1.59. The summed E-state index contributed by atoms with van der Waals surface area (Å²) in [5, 5.41) is 9.09. The zero-order valence-electron chi connectivity index (χ0n) is 12.2. The quantitative estimate of drug-likeness (QED) is 0.822. The van der Waals surface area contributed by atoms with Crippen LogP contribution in [0.5, 0.6) is 0 Å². The molecule has 3 rings (SSSR count). The Morgan fingerprint density at radius 3 is 2.57 bits per heavy atom. The van der Waals surface area contributed by atoms with Gasteiger partial charge in [-0.3, -0.25) is 14.4 Å². The van der Waals surface area contributed by atoms with E-state index in [-0.39, 0.29) is 17.7 Å². The lowest BCUT2D eigenvalue weighted by molar-refractivity contribution is -0.146. The van der Waals surface area contributed by atoms with Gasteiger partial charge in [0, 0.05) is 32.6 Å². The molecule has 0 spiro atoms. The minimum atomic E-state index is -0.828. The Labute approximate surface area is 124 Å². The van der Waals surface area contributed by atoms with E-state index in [2.05, 4.69) is 0 Å². The normalized spacial score (nSPS) is 29.8. The first-order valence-corrected chi connectivity index (χ1v) is 7.84. The van der Waals surface area contributed by atoms with Gasteiger partial charge in [-0.15, -0.1) is 0 Å². The molecular formula is C15H22N2O4. The minimum Gasteiger partial charge on any atom is -0.481 e. The van der Waals surface area contributed by atoms with E-state index >= 15 is 0 Å². The topological polar surface area (TPSA) is 77.9 Å². The van der Waals surface area contributed by atoms with Gasteiger partial charge in [0.2, 0.25) is 11.8 Å². The van der Waals surface area contributed by atoms with Gasteiger partial charge in [-0.05, 0) is 31.6 Å². The van der Waals surface area contributed by atoms with E-state index in [1.807, 2.05) is 4.90 Å². The van der Waals surface area contributed by atoms with Crippen molar-refractivity contribution in [2.75, 3.05) is 26.2 Å². The maximum atomic E-state index is 12.5. The molecule has 2 saturated heterocycles. The van der Waals surface area contributed by atoms with Crippen LogP contribution in [0.4, 0.5) is 0 Å². The molecule has 1 N–H and O–H groups in total. The fourth-order valence-electron chi connectivity index (χ4n) is 3.36. The Kier molecular flexibility index (Phi) is 3.87. The number of nitrogens with zero attached hydrogens (tertiary/aromatic N) is 2. The van der Waals surface area contributed by atoms with Crippen molar-refractivity contribution in [3.63, 3.8) is 0 Å². The van der Waals surface area contributed by atoms with E-state index in [4.69, 9.17) is 5.11 Å². The summed E-state index contributed by atoms with van der Waals surface area (Å²) in [7, 11) is 0. The molecule has 2 heterocycles. The SMILES string of the molecule is O=C(O)[C@@H]1CCCN(C(=O)C2CC(=O)N(CC3CC3)C2)C1. The minimum absolute atomic E-state index is 0.0346. The van der Waals surface area contributed by atoms with Crippen molar-refractivity contribution >= 4 is 17.8 Å². The third-order valence-corrected chi connectivity index (χ3v) is 4.82. The molecule has 0 bridgehead atoms. The fraction of sp³-hybridized carbons (Fsp3) is 0.800. The average molecular weight is 294 g/mol. The lowest BCUT2D eigenvalue weighted by atomic mass is 9.96. The second-order valence-electron chi connectivity index (χ2n) is 6.60. The summed E-state index contributed by atoms with van der Waals surface area (Å²) in [6.45, 7) is 2.22. The molecule has 3 fully saturated rings. The van der Waals surface area contributed by atoms with Gasteiger partial charge in [0.15, 0.2) is 0 Å². The first-order valence-electron chi connectivity index (χ1n) is 7.84. The molecule has 21 heavy (non-hydrogen) atoms. The Morgan fingerprint density at radius 2 is 1.90 bits per heavy atom. The number of carbonyl (C=O) groups is 3. The van der Waals surface area contributed by atoms with Crippen molar-refractivity contribution in [2.45, 2.75) is 32.1 Å². The van der Waals surface area contributed by atoms with Crippen LogP contribution in [0.2, 0.25) is 0 Å². The number of likely N-dealkylation sites (tertiary alicyclic amines) is 2. The van der Waals surface area contributed by atoms with Crippen molar-refractivity contribution in [2.24, 2.45) is 17.8 Å². The van der Waals surface area contributed by atoms with Gasteiger partial charge in [-0.2, -0.15) is 0 Å². The van der Waals surface area contributed by atoms with Crippen LogP contribution in [0.3, 0.4) is 0 Å². The second-order valence-corrected chi connectivity index (χ2v) is 6.60. The molecule has 0 radical (unpaired) electrons. The number of piperidine rings is 1. The number of amides is 2. The molecule has 2 aliphatic heterocycles. The van der Waals surface area contributed by atoms with Gasteiger partial charge in [0.25, 0.3) is 0 Å². The lowest BCUT2D eigenvalue weighted by Crippen LogP contribution is -2.45. The molecule has 6 heteroatoms. The molecular weight excluding hydrogens is 272 g/mol. The summed E-state index contributed by atoms with van der Waals surface area (Å²) in [4.78, 5) is 39.0. The van der Waals surface area contributed by atoms with Crippen LogP contribution < -0.4 is 0 Å². The zero-order valence-corrected chi connectivity index (χ0v) is 12.2. The predicted octanol–water partition coefficient (Wildman–Crippen LogP) is 0.568. The number of carboxylic acid groups (broad SMARTS) is 1. The maximum Gasteiger partial charge on any atom is 0.308 e. The monoisotopic (exact) mass is 294 g/mol. The molecule has 1 unspecified atom stereocenters. The molecule has 3 aliphatic rings. The molecule has 116 valence electrons. The van der Waals surface area contributed by atoms with Crippen molar-refractivity contribution in [1.29, 1.82) is 0 Å². The molecule has 1 saturated carbocycles. The van der Waals surface area contributed by atoms with E-state index in [1.165, 1.54) is 12.8 Å². The van der Waals surface area contributed by atoms with Gasteiger partial charge in [-0.25, -0.2) is 0 Å². The van der Waals surface area contributed by atoms with Crippen LogP contribution in [0.15, 0.2) is 0 Å². The first kappa shape index (κ1) is 14.4. The lowest BCUT2D eigenvalue weighted by Gasteiger charge is -2.32. The standard InChI is InChI=1S/C15H22N2O4/c18-13-6-12(9-17(13)7-10-3-4-10)14(19)16-5-1-2-11(8-16)15(20)21/h10-12H,1-9H2,(H,20,21)/t11-,12?/m1/s1. The van der Waals surface area contributed by atoms with Crippen LogP contribution in [0.1, 0.15) is 32.1 Å². The Balaban J connectivity index is 1.57. The van der Waals surface area contributed by atoms with E-state index < -0.39 is 11.9 Å². The van der Waals surface area contributed by atoms with Crippen molar-refractivity contribution < 1.29 is 19.5 Å². The highest BCUT2D eigenvalue weighted by molar-refractivity contribution is 5.89. The van der Waals surface area contributed by atoms with E-state index in [1.54, 1.807) is 4.90 Å². The van der Waals surface area contributed by atoms with Crippen LogP contribution in [-0.2, 0) is 14.4 Å². The summed E-state index contributed by atoms with van der Waals surface area (Å²) in [5.41, 5.74) is 0. The summed E-state index contributed by atoms with van der Waals surface area (Å²) in [6, 6.07) is 0. The third kappa shape index (κ3) is 3.19. The number of carbonyl (C=O) groups excluding carboxylic acids is 2. The van der Waals surface area contributed by atoms with E-state index in [0.29, 0.717) is 38.4 Å². The molecule has 6 nitrogen and oxygen atoms in total. The molecule has 2 amide bonds. The van der Waals surface area contributed by atoms with Crippen molar-refractivity contribution in [3.05, 3.63) is 0 Å². The van der Waals surface area contributed by atoms with Crippen molar-refractivity contribution in [3.8, 4) is 0 Å². The number of aliphatic carboxylic acids is 1. The third-order valence-electron chi connectivity index (χ3n) is 4.82. The molecule has 1 aliphatic carbocycles. The van der Waals surface area contributed by atoms with Gasteiger partial charge in [0.05, 0.1) is 11.8 Å². The average Bonchev–Trinajstić information content (AvgIpc) is 3.21. The molecule has 0 aromatic carbocycles. The molecule has 0 aromatic heterocycles. The number of rotatable bonds is 4. The largest absolute Gasteiger partial charge is 0.481 e. The number of hydrogen-bond acceptors (Lipinski definition) is 3. The molecule has 2 atom stereocenters. The van der Waals surface area contributed by atoms with E-state index in [0.717, 1.165) is 13.0 Å². The smallest absolute Gasteiger partial charge is 0.308 e. The van der Waals surface area contributed by atoms with Crippen LogP contribution >= 0.6 is 0 Å². The highest BCUT2D eigenvalue weighted by Gasteiger charge is 2.40. The predicted molar refractivity (Wildman–Crippen MR) is 74.4 cm³/mol. The summed E-state index contributed by atoms with van der Waals surface area (Å²) >= 11 is 0. The number of carboxylic acids is 1. The summed E-state index contributed by atoms with van der Waals surface area (Å²) in [6.07, 6.45) is 4.04. The fourth-order valence-corrected chi connectivity index (χ4v) is 3.36. The number of hydrogen-bond donors (Lipinski definition) is 1. The van der Waals surface area contributed by atoms with Gasteiger partial charge < -0.3 is 14.9 Å². The zero-order chi connectivity index (χ0) is 15.0. The van der Waals surface area contributed by atoms with Crippen LogP contribution in [0, 0.1) is 17.8 Å². The summed E-state index contributed by atoms with van der Waals surface area (Å²) < 4.78 is 0. The summed E-state index contributed by atoms with van der Waals surface area (Å²) in [5.74, 6) is -0.884. The Bertz CT molecular complexity index is 461. The van der Waals surface area contributed by atoms with Crippen LogP contribution in [0.25, 0.3) is 0 Å². The van der Waals surface area contributed by atoms with Gasteiger partial charge >= 0.3 is 5.97 Å². The van der Waals surface area contributed by atoms with Crippen molar-refractivity contribution in [1.82, 2.24) is 9.80 Å². The van der Waals surface area contributed by atoms with Gasteiger partial charge in [0.1, 0.15) is 0 Å². The second kappa shape index (κ2) is 5.66.